The number of nitrogens with zero attached hydrogens (tertiary/aromatic N) is 6. The van der Waals surface area contributed by atoms with E-state index in [-0.39, 0.29) is 6.04 Å². The number of fused-ring (bicyclic) bond motifs is 1. The fourth-order valence-corrected chi connectivity index (χ4v) is 3.71. The Hall–Kier alpha value is -2.59. The van der Waals surface area contributed by atoms with Crippen molar-refractivity contribution in [2.45, 2.75) is 12.5 Å². The highest BCUT2D eigenvalue weighted by molar-refractivity contribution is 7.81. The van der Waals surface area contributed by atoms with Gasteiger partial charge in [0.15, 0.2) is 11.2 Å². The largest absolute Gasteiger partial charge is 0.497 e. The van der Waals surface area contributed by atoms with Crippen molar-refractivity contribution in [1.29, 1.82) is 0 Å². The second-order valence-corrected chi connectivity index (χ2v) is 7.41. The van der Waals surface area contributed by atoms with Crippen molar-refractivity contribution in [3.05, 3.63) is 30.5 Å². The summed E-state index contributed by atoms with van der Waals surface area (Å²) in [6.07, 6.45) is 4.25. The van der Waals surface area contributed by atoms with E-state index in [1.807, 2.05) is 28.6 Å². The summed E-state index contributed by atoms with van der Waals surface area (Å²) in [6.45, 7) is 1.51. The smallest absolute Gasteiger partial charge is 0.225 e. The molecule has 4 rings (SSSR count). The summed E-state index contributed by atoms with van der Waals surface area (Å²) in [4.78, 5) is 8.90. The van der Waals surface area contributed by atoms with Gasteiger partial charge in [0.1, 0.15) is 5.75 Å². The van der Waals surface area contributed by atoms with Crippen LogP contribution in [0.2, 0.25) is 0 Å². The summed E-state index contributed by atoms with van der Waals surface area (Å²) in [5.41, 5.74) is 2.09. The topological polar surface area (TPSA) is 98.1 Å². The van der Waals surface area contributed by atoms with Crippen LogP contribution in [0.3, 0.4) is 0 Å². The molecule has 1 aliphatic heterocycles. The monoisotopic (exact) mass is 373 g/mol. The predicted octanol–water partition coefficient (Wildman–Crippen LogP) is 0.999. The zero-order valence-electron chi connectivity index (χ0n) is 14.5. The van der Waals surface area contributed by atoms with Crippen LogP contribution in [-0.4, -0.2) is 66.0 Å². The van der Waals surface area contributed by atoms with Gasteiger partial charge in [0.05, 0.1) is 30.0 Å². The van der Waals surface area contributed by atoms with Crippen molar-refractivity contribution in [2.24, 2.45) is 0 Å². The Morgan fingerprint density at radius 1 is 1.31 bits per heavy atom. The lowest BCUT2D eigenvalue weighted by molar-refractivity contribution is 0.414. The molecule has 1 saturated heterocycles. The van der Waals surface area contributed by atoms with Crippen LogP contribution in [0.25, 0.3) is 16.9 Å². The Morgan fingerprint density at radius 2 is 2.12 bits per heavy atom. The normalized spacial score (nSPS) is 18.9. The molecular weight excluding hydrogens is 354 g/mol. The zero-order chi connectivity index (χ0) is 18.1. The third kappa shape index (κ3) is 3.25. The van der Waals surface area contributed by atoms with Gasteiger partial charge in [0.2, 0.25) is 5.95 Å². The molecule has 0 bridgehead atoms. The van der Waals surface area contributed by atoms with Gasteiger partial charge in [-0.05, 0) is 30.7 Å². The molecule has 3 heterocycles. The predicted molar refractivity (Wildman–Crippen MR) is 98.7 cm³/mol. The molecule has 0 saturated carbocycles. The van der Waals surface area contributed by atoms with Crippen LogP contribution < -0.4 is 10.1 Å². The van der Waals surface area contributed by atoms with E-state index in [1.165, 1.54) is 0 Å². The van der Waals surface area contributed by atoms with E-state index in [0.717, 1.165) is 24.4 Å². The third-order valence-electron chi connectivity index (χ3n) is 4.36. The molecule has 2 aromatic heterocycles. The highest BCUT2D eigenvalue weighted by Crippen LogP contribution is 2.19. The first kappa shape index (κ1) is 16.9. The van der Waals surface area contributed by atoms with E-state index in [4.69, 9.17) is 4.74 Å². The molecule has 1 fully saturated rings. The van der Waals surface area contributed by atoms with E-state index in [2.05, 4.69) is 25.6 Å². The highest BCUT2D eigenvalue weighted by Gasteiger charge is 2.25. The summed E-state index contributed by atoms with van der Waals surface area (Å²) in [5.74, 6) is 1.29. The molecular formula is C16H19N7O2S. The highest BCUT2D eigenvalue weighted by atomic mass is 32.2. The van der Waals surface area contributed by atoms with Crippen LogP contribution in [0.5, 0.6) is 5.75 Å². The number of benzene rings is 1. The fourth-order valence-electron chi connectivity index (χ4n) is 2.96. The second-order valence-electron chi connectivity index (χ2n) is 6.04. The Morgan fingerprint density at radius 3 is 2.81 bits per heavy atom. The first-order valence-corrected chi connectivity index (χ1v) is 9.73. The number of rotatable bonds is 5. The lowest BCUT2D eigenvalue weighted by Crippen LogP contribution is -2.27. The first-order chi connectivity index (χ1) is 12.6. The SMILES string of the molecule is COc1ccc(-n2nnc3cnc(NC4CCN(S(C)=O)C4)nc32)cc1. The molecule has 2 unspecified atom stereocenters. The lowest BCUT2D eigenvalue weighted by atomic mass is 10.3. The number of methoxy groups -OCH3 is 1. The zero-order valence-corrected chi connectivity index (χ0v) is 15.3. The van der Waals surface area contributed by atoms with Gasteiger partial charge in [-0.25, -0.2) is 13.5 Å². The number of hydrogen-bond donors (Lipinski definition) is 1. The molecule has 1 aromatic carbocycles. The quantitative estimate of drug-likeness (QED) is 0.712. The number of anilines is 1. The fraction of sp³-hybridized carbons (Fsp3) is 0.375. The van der Waals surface area contributed by atoms with Crippen molar-refractivity contribution in [3.63, 3.8) is 0 Å². The molecule has 9 nitrogen and oxygen atoms in total. The molecule has 0 amide bonds. The summed E-state index contributed by atoms with van der Waals surface area (Å²) < 4.78 is 20.4. The van der Waals surface area contributed by atoms with Crippen LogP contribution in [0.1, 0.15) is 6.42 Å². The van der Waals surface area contributed by atoms with E-state index < -0.39 is 11.0 Å². The molecule has 26 heavy (non-hydrogen) atoms. The second kappa shape index (κ2) is 6.96. The van der Waals surface area contributed by atoms with E-state index in [0.29, 0.717) is 23.7 Å². The van der Waals surface area contributed by atoms with Crippen molar-refractivity contribution >= 4 is 28.1 Å². The van der Waals surface area contributed by atoms with Gasteiger partial charge >= 0.3 is 0 Å². The van der Waals surface area contributed by atoms with Crippen molar-refractivity contribution < 1.29 is 8.95 Å². The van der Waals surface area contributed by atoms with Gasteiger partial charge in [-0.1, -0.05) is 5.21 Å². The van der Waals surface area contributed by atoms with Gasteiger partial charge in [-0.3, -0.25) is 0 Å². The summed E-state index contributed by atoms with van der Waals surface area (Å²) >= 11 is 0. The Balaban J connectivity index is 1.59. The van der Waals surface area contributed by atoms with E-state index in [1.54, 1.807) is 24.2 Å². The summed E-state index contributed by atoms with van der Waals surface area (Å²) in [6, 6.07) is 7.69. The average Bonchev–Trinajstić information content (AvgIpc) is 3.29. The van der Waals surface area contributed by atoms with Crippen molar-refractivity contribution in [1.82, 2.24) is 29.3 Å². The molecule has 10 heteroatoms. The minimum absolute atomic E-state index is 0.168. The first-order valence-electron chi connectivity index (χ1n) is 8.22. The third-order valence-corrected chi connectivity index (χ3v) is 5.42. The van der Waals surface area contributed by atoms with Gasteiger partial charge in [-0.2, -0.15) is 9.67 Å². The number of ether oxygens (including phenoxy) is 1. The Bertz CT molecular complexity index is 943. The molecule has 0 aliphatic carbocycles. The minimum atomic E-state index is -0.949. The van der Waals surface area contributed by atoms with E-state index >= 15 is 0 Å². The summed E-state index contributed by atoms with van der Waals surface area (Å²) in [7, 11) is 0.680. The summed E-state index contributed by atoms with van der Waals surface area (Å²) in [5, 5.41) is 11.6. The van der Waals surface area contributed by atoms with Crippen LogP contribution in [0.4, 0.5) is 5.95 Å². The maximum absolute atomic E-state index is 11.6. The molecule has 0 spiro atoms. The number of nitrogens with one attached hydrogen (secondary N) is 1. The van der Waals surface area contributed by atoms with Crippen LogP contribution >= 0.6 is 0 Å². The Labute approximate surface area is 153 Å². The molecule has 0 radical (unpaired) electrons. The maximum atomic E-state index is 11.6. The number of hydrogen-bond acceptors (Lipinski definition) is 7. The maximum Gasteiger partial charge on any atom is 0.225 e. The molecule has 1 N–H and O–H groups in total. The van der Waals surface area contributed by atoms with Gasteiger partial charge < -0.3 is 10.1 Å². The lowest BCUT2D eigenvalue weighted by Gasteiger charge is -2.13. The van der Waals surface area contributed by atoms with Crippen LogP contribution in [0.15, 0.2) is 30.5 Å². The Kier molecular flexibility index (Phi) is 4.51. The van der Waals surface area contributed by atoms with Crippen molar-refractivity contribution in [3.8, 4) is 11.4 Å². The number of aromatic nitrogens is 5. The standard InChI is InChI=1S/C16H19N7O2S/c1-25-13-5-3-12(4-6-13)23-15-14(20-21-23)9-17-16(19-15)18-11-7-8-22(10-11)26(2)24/h3-6,9,11H,7-8,10H2,1-2H3,(H,17,18,19). The van der Waals surface area contributed by atoms with Crippen molar-refractivity contribution in [2.75, 3.05) is 31.8 Å². The van der Waals surface area contributed by atoms with Gasteiger partial charge in [-0.15, -0.1) is 5.10 Å². The average molecular weight is 373 g/mol. The molecule has 3 aromatic rings. The van der Waals surface area contributed by atoms with E-state index in [9.17, 15) is 4.21 Å². The van der Waals surface area contributed by atoms with Crippen LogP contribution in [0, 0.1) is 0 Å². The minimum Gasteiger partial charge on any atom is -0.497 e. The van der Waals surface area contributed by atoms with Gasteiger partial charge in [0.25, 0.3) is 0 Å². The molecule has 1 aliphatic rings. The molecule has 2 atom stereocenters. The van der Waals surface area contributed by atoms with Crippen LogP contribution in [-0.2, 0) is 11.0 Å². The van der Waals surface area contributed by atoms with Gasteiger partial charge in [0, 0.05) is 25.4 Å². The molecule has 136 valence electrons.